The first-order valence-electron chi connectivity index (χ1n) is 5.47. The predicted octanol–water partition coefficient (Wildman–Crippen LogP) is 0.568. The lowest BCUT2D eigenvalue weighted by Crippen LogP contribution is -2.42. The molecule has 0 atom stereocenters. The van der Waals surface area contributed by atoms with Crippen molar-refractivity contribution in [3.8, 4) is 0 Å². The number of amides is 1. The van der Waals surface area contributed by atoms with Crippen LogP contribution in [0.1, 0.15) is 36.0 Å². The first kappa shape index (κ1) is 12.2. The first-order chi connectivity index (χ1) is 8.49. The molecule has 0 aliphatic heterocycles. The Balaban J connectivity index is 2.17. The molecule has 7 nitrogen and oxygen atoms in total. The average Bonchev–Trinajstić information content (AvgIpc) is 2.82. The standard InChI is InChI=1S/C11H14N6O/c1-7-12-5-4-8(15-7)9(18)16-11(2,3)10-13-6-14-17-10/h4-6H,1-3H3,(H,16,18)(H,13,14,17). The number of aryl methyl sites for hydroxylation is 1. The van der Waals surface area contributed by atoms with Crippen molar-refractivity contribution in [2.75, 3.05) is 0 Å². The molecular weight excluding hydrogens is 232 g/mol. The topological polar surface area (TPSA) is 96.5 Å². The fraction of sp³-hybridized carbons (Fsp3) is 0.364. The fourth-order valence-electron chi connectivity index (χ4n) is 1.50. The number of hydrogen-bond acceptors (Lipinski definition) is 5. The van der Waals surface area contributed by atoms with Crippen molar-refractivity contribution in [3.63, 3.8) is 0 Å². The van der Waals surface area contributed by atoms with Gasteiger partial charge in [0.15, 0.2) is 0 Å². The van der Waals surface area contributed by atoms with Gasteiger partial charge in [0.1, 0.15) is 23.7 Å². The van der Waals surface area contributed by atoms with E-state index in [4.69, 9.17) is 0 Å². The van der Waals surface area contributed by atoms with Crippen molar-refractivity contribution in [2.45, 2.75) is 26.3 Å². The number of carbonyl (C=O) groups excluding carboxylic acids is 1. The molecule has 0 aromatic carbocycles. The molecule has 0 spiro atoms. The number of rotatable bonds is 3. The number of H-pyrrole nitrogens is 1. The van der Waals surface area contributed by atoms with Gasteiger partial charge in [-0.2, -0.15) is 5.10 Å². The molecule has 2 heterocycles. The smallest absolute Gasteiger partial charge is 0.270 e. The lowest BCUT2D eigenvalue weighted by molar-refractivity contribution is 0.0903. The van der Waals surface area contributed by atoms with Crippen LogP contribution in [0.3, 0.4) is 0 Å². The molecule has 0 bridgehead atoms. The van der Waals surface area contributed by atoms with E-state index in [0.717, 1.165) is 0 Å². The summed E-state index contributed by atoms with van der Waals surface area (Å²) in [5, 5.41) is 9.35. The van der Waals surface area contributed by atoms with E-state index in [1.54, 1.807) is 19.2 Å². The minimum absolute atomic E-state index is 0.276. The number of aromatic nitrogens is 5. The second-order valence-electron chi connectivity index (χ2n) is 4.40. The van der Waals surface area contributed by atoms with Gasteiger partial charge in [0, 0.05) is 6.20 Å². The predicted molar refractivity (Wildman–Crippen MR) is 63.6 cm³/mol. The number of aromatic amines is 1. The van der Waals surface area contributed by atoms with Crippen molar-refractivity contribution in [2.24, 2.45) is 0 Å². The summed E-state index contributed by atoms with van der Waals surface area (Å²) in [7, 11) is 0. The lowest BCUT2D eigenvalue weighted by Gasteiger charge is -2.23. The largest absolute Gasteiger partial charge is 0.339 e. The summed E-state index contributed by atoms with van der Waals surface area (Å²) in [5.74, 6) is 0.864. The highest BCUT2D eigenvalue weighted by Crippen LogP contribution is 2.15. The number of carbonyl (C=O) groups is 1. The van der Waals surface area contributed by atoms with Crippen LogP contribution in [-0.2, 0) is 5.54 Å². The third kappa shape index (κ3) is 2.50. The van der Waals surface area contributed by atoms with Gasteiger partial charge in [0.05, 0.1) is 5.54 Å². The summed E-state index contributed by atoms with van der Waals surface area (Å²) in [6, 6.07) is 1.57. The lowest BCUT2D eigenvalue weighted by atomic mass is 10.0. The van der Waals surface area contributed by atoms with Gasteiger partial charge in [0.25, 0.3) is 5.91 Å². The van der Waals surface area contributed by atoms with Crippen molar-refractivity contribution in [1.82, 2.24) is 30.5 Å². The van der Waals surface area contributed by atoms with Crippen molar-refractivity contribution in [1.29, 1.82) is 0 Å². The van der Waals surface area contributed by atoms with Gasteiger partial charge in [0.2, 0.25) is 0 Å². The van der Waals surface area contributed by atoms with Crippen LogP contribution >= 0.6 is 0 Å². The third-order valence-corrected chi connectivity index (χ3v) is 2.44. The Labute approximate surface area is 104 Å². The fourth-order valence-corrected chi connectivity index (χ4v) is 1.50. The average molecular weight is 246 g/mol. The van der Waals surface area contributed by atoms with Gasteiger partial charge >= 0.3 is 0 Å². The van der Waals surface area contributed by atoms with Gasteiger partial charge in [-0.1, -0.05) is 0 Å². The number of nitrogens with one attached hydrogen (secondary N) is 2. The first-order valence-corrected chi connectivity index (χ1v) is 5.47. The molecule has 0 saturated heterocycles. The molecule has 2 N–H and O–H groups in total. The number of hydrogen-bond donors (Lipinski definition) is 2. The van der Waals surface area contributed by atoms with Crippen LogP contribution in [0.4, 0.5) is 0 Å². The maximum atomic E-state index is 12.0. The van der Waals surface area contributed by atoms with Crippen LogP contribution in [0.5, 0.6) is 0 Å². The van der Waals surface area contributed by atoms with Crippen LogP contribution in [0, 0.1) is 6.92 Å². The van der Waals surface area contributed by atoms with Gasteiger partial charge in [-0.25, -0.2) is 15.0 Å². The summed E-state index contributed by atoms with van der Waals surface area (Å²) in [4.78, 5) is 24.1. The van der Waals surface area contributed by atoms with Crippen LogP contribution in [-0.4, -0.2) is 31.1 Å². The Morgan fingerprint density at radius 3 is 2.78 bits per heavy atom. The Hall–Kier alpha value is -2.31. The molecule has 0 fully saturated rings. The number of nitrogens with zero attached hydrogens (tertiary/aromatic N) is 4. The zero-order valence-corrected chi connectivity index (χ0v) is 10.4. The van der Waals surface area contributed by atoms with E-state index in [0.29, 0.717) is 17.3 Å². The second kappa shape index (κ2) is 4.52. The SMILES string of the molecule is Cc1nccc(C(=O)NC(C)(C)c2ncn[nH]2)n1. The Bertz CT molecular complexity index is 548. The highest BCUT2D eigenvalue weighted by molar-refractivity contribution is 5.92. The maximum absolute atomic E-state index is 12.0. The van der Waals surface area contributed by atoms with Crippen LogP contribution in [0.25, 0.3) is 0 Å². The van der Waals surface area contributed by atoms with Gasteiger partial charge in [-0.3, -0.25) is 9.89 Å². The third-order valence-electron chi connectivity index (χ3n) is 2.44. The Morgan fingerprint density at radius 2 is 2.17 bits per heavy atom. The van der Waals surface area contributed by atoms with E-state index in [1.165, 1.54) is 6.33 Å². The highest BCUT2D eigenvalue weighted by atomic mass is 16.2. The molecule has 2 aromatic rings. The molecule has 7 heteroatoms. The van der Waals surface area contributed by atoms with Gasteiger partial charge in [-0.05, 0) is 26.8 Å². The summed E-state index contributed by atoms with van der Waals surface area (Å²) >= 11 is 0. The van der Waals surface area contributed by atoms with E-state index < -0.39 is 5.54 Å². The quantitative estimate of drug-likeness (QED) is 0.825. The zero-order valence-electron chi connectivity index (χ0n) is 10.4. The minimum atomic E-state index is -0.646. The molecule has 0 aliphatic carbocycles. The molecule has 1 amide bonds. The highest BCUT2D eigenvalue weighted by Gasteiger charge is 2.26. The van der Waals surface area contributed by atoms with Crippen LogP contribution in [0.2, 0.25) is 0 Å². The summed E-state index contributed by atoms with van der Waals surface area (Å²) in [5.41, 5.74) is -0.318. The molecule has 0 unspecified atom stereocenters. The van der Waals surface area contributed by atoms with Gasteiger partial charge in [-0.15, -0.1) is 0 Å². The monoisotopic (exact) mass is 246 g/mol. The van der Waals surface area contributed by atoms with E-state index in [-0.39, 0.29) is 5.91 Å². The van der Waals surface area contributed by atoms with E-state index in [2.05, 4.69) is 30.5 Å². The molecule has 18 heavy (non-hydrogen) atoms. The normalized spacial score (nSPS) is 11.3. The van der Waals surface area contributed by atoms with Crippen LogP contribution < -0.4 is 5.32 Å². The molecule has 2 rings (SSSR count). The van der Waals surface area contributed by atoms with Crippen molar-refractivity contribution >= 4 is 5.91 Å². The molecule has 0 radical (unpaired) electrons. The summed E-state index contributed by atoms with van der Waals surface area (Å²) < 4.78 is 0. The van der Waals surface area contributed by atoms with Crippen molar-refractivity contribution in [3.05, 3.63) is 35.9 Å². The minimum Gasteiger partial charge on any atom is -0.339 e. The van der Waals surface area contributed by atoms with E-state index in [1.807, 2.05) is 13.8 Å². The summed E-state index contributed by atoms with van der Waals surface area (Å²) in [6.07, 6.45) is 2.96. The Kier molecular flexibility index (Phi) is 3.05. The van der Waals surface area contributed by atoms with Crippen molar-refractivity contribution < 1.29 is 4.79 Å². The molecule has 94 valence electrons. The van der Waals surface area contributed by atoms with Gasteiger partial charge < -0.3 is 5.32 Å². The molecule has 0 aliphatic rings. The summed E-state index contributed by atoms with van der Waals surface area (Å²) in [6.45, 7) is 5.40. The van der Waals surface area contributed by atoms with Crippen LogP contribution in [0.15, 0.2) is 18.6 Å². The molecule has 0 saturated carbocycles. The van der Waals surface area contributed by atoms with E-state index in [9.17, 15) is 4.79 Å². The zero-order chi connectivity index (χ0) is 13.2. The molecular formula is C11H14N6O. The second-order valence-corrected chi connectivity index (χ2v) is 4.40. The maximum Gasteiger partial charge on any atom is 0.270 e. The Morgan fingerprint density at radius 1 is 1.39 bits per heavy atom. The van der Waals surface area contributed by atoms with E-state index >= 15 is 0 Å². The molecule has 2 aromatic heterocycles.